The largest absolute Gasteiger partial charge is 0.495 e. The molecule has 0 aliphatic heterocycles. The Balaban J connectivity index is 2.80. The van der Waals surface area contributed by atoms with E-state index in [0.29, 0.717) is 16.7 Å². The molecule has 1 aromatic carbocycles. The van der Waals surface area contributed by atoms with Crippen LogP contribution >= 0.6 is 0 Å². The van der Waals surface area contributed by atoms with Crippen LogP contribution in [0.5, 0.6) is 5.75 Å². The van der Waals surface area contributed by atoms with Crippen molar-refractivity contribution in [3.8, 4) is 5.75 Å². The number of hydrogen-bond donors (Lipinski definition) is 1. The Hall–Kier alpha value is -2.56. The van der Waals surface area contributed by atoms with Gasteiger partial charge in [0.2, 0.25) is 0 Å². The van der Waals surface area contributed by atoms with E-state index in [2.05, 4.69) is 9.72 Å². The fourth-order valence-corrected chi connectivity index (χ4v) is 2.01. The molecule has 0 bridgehead atoms. The van der Waals surface area contributed by atoms with Gasteiger partial charge in [0.1, 0.15) is 11.4 Å². The molecule has 104 valence electrons. The molecular weight excluding hydrogens is 258 g/mol. The molecule has 20 heavy (non-hydrogen) atoms. The van der Waals surface area contributed by atoms with Gasteiger partial charge >= 0.3 is 5.97 Å². The number of fused-ring (bicyclic) bond motifs is 1. The molecule has 0 aliphatic rings. The molecule has 0 aliphatic carbocycles. The van der Waals surface area contributed by atoms with Gasteiger partial charge in [0, 0.05) is 11.5 Å². The second-order valence-corrected chi connectivity index (χ2v) is 4.18. The van der Waals surface area contributed by atoms with Gasteiger partial charge in [-0.3, -0.25) is 4.79 Å². The summed E-state index contributed by atoms with van der Waals surface area (Å²) in [5, 5.41) is 0.463. The first-order valence-corrected chi connectivity index (χ1v) is 6.06. The quantitative estimate of drug-likeness (QED) is 0.872. The molecule has 1 aromatic heterocycles. The minimum atomic E-state index is -0.594. The van der Waals surface area contributed by atoms with Gasteiger partial charge in [0.25, 0.3) is 0 Å². The van der Waals surface area contributed by atoms with Crippen LogP contribution in [0.4, 0.5) is 0 Å². The van der Waals surface area contributed by atoms with Crippen molar-refractivity contribution < 1.29 is 14.3 Å². The Morgan fingerprint density at radius 1 is 1.25 bits per heavy atom. The fraction of sp³-hybridized carbons (Fsp3) is 0.200. The number of benzene rings is 1. The first-order chi connectivity index (χ1) is 9.60. The van der Waals surface area contributed by atoms with Gasteiger partial charge in [-0.25, -0.2) is 4.79 Å². The van der Waals surface area contributed by atoms with Crippen LogP contribution in [-0.4, -0.2) is 25.2 Å². The van der Waals surface area contributed by atoms with Crippen molar-refractivity contribution in [1.29, 1.82) is 0 Å². The number of H-pyrrole nitrogens is 1. The number of ether oxygens (including phenoxy) is 2. The van der Waals surface area contributed by atoms with Crippen molar-refractivity contribution >= 4 is 22.9 Å². The van der Waals surface area contributed by atoms with E-state index in [1.54, 1.807) is 12.1 Å². The molecule has 0 atom stereocenters. The second-order valence-electron chi connectivity index (χ2n) is 4.18. The van der Waals surface area contributed by atoms with Gasteiger partial charge in [-0.2, -0.15) is 0 Å². The lowest BCUT2D eigenvalue weighted by molar-refractivity contribution is 0.0594. The van der Waals surface area contributed by atoms with Crippen molar-refractivity contribution in [3.05, 3.63) is 45.8 Å². The number of allylic oxidation sites excluding steroid dienone is 1. The van der Waals surface area contributed by atoms with Crippen molar-refractivity contribution in [3.63, 3.8) is 0 Å². The third-order valence-electron chi connectivity index (χ3n) is 2.91. The van der Waals surface area contributed by atoms with Crippen LogP contribution in [0.2, 0.25) is 0 Å². The van der Waals surface area contributed by atoms with E-state index in [4.69, 9.17) is 4.74 Å². The number of aromatic amines is 1. The van der Waals surface area contributed by atoms with Gasteiger partial charge < -0.3 is 14.5 Å². The Kier molecular flexibility index (Phi) is 3.89. The first-order valence-electron chi connectivity index (χ1n) is 6.06. The van der Waals surface area contributed by atoms with Crippen LogP contribution < -0.4 is 10.2 Å². The molecule has 0 fully saturated rings. The molecule has 5 nitrogen and oxygen atoms in total. The maximum absolute atomic E-state index is 12.1. The van der Waals surface area contributed by atoms with Crippen molar-refractivity contribution in [2.24, 2.45) is 0 Å². The summed E-state index contributed by atoms with van der Waals surface area (Å²) in [5.41, 5.74) is 1.17. The van der Waals surface area contributed by atoms with Crippen molar-refractivity contribution in [2.45, 2.75) is 6.92 Å². The zero-order chi connectivity index (χ0) is 14.7. The standard InChI is InChI=1S/C15H15NO4/c1-4-5-9-6-10-12(17)8-11(15(18)20-3)16-14(10)13(7-9)19-2/h4-8H,1-3H3,(H,16,17)/b5-4+. The highest BCUT2D eigenvalue weighted by Gasteiger charge is 2.13. The summed E-state index contributed by atoms with van der Waals surface area (Å²) in [7, 11) is 2.77. The average molecular weight is 273 g/mol. The number of nitrogens with one attached hydrogen (secondary N) is 1. The summed E-state index contributed by atoms with van der Waals surface area (Å²) in [5.74, 6) is -0.0953. The third kappa shape index (κ3) is 2.42. The molecule has 1 N–H and O–H groups in total. The Morgan fingerprint density at radius 2 is 2.00 bits per heavy atom. The van der Waals surface area contributed by atoms with Gasteiger partial charge in [-0.05, 0) is 24.6 Å². The number of hydrogen-bond acceptors (Lipinski definition) is 4. The normalized spacial score (nSPS) is 10.9. The van der Waals surface area contributed by atoms with Crippen molar-refractivity contribution in [1.82, 2.24) is 4.98 Å². The van der Waals surface area contributed by atoms with Gasteiger partial charge in [0.15, 0.2) is 5.43 Å². The first kappa shape index (κ1) is 13.9. The van der Waals surface area contributed by atoms with E-state index in [1.807, 2.05) is 19.1 Å². The number of esters is 1. The van der Waals surface area contributed by atoms with Crippen LogP contribution in [-0.2, 0) is 4.74 Å². The zero-order valence-corrected chi connectivity index (χ0v) is 11.5. The van der Waals surface area contributed by atoms with Gasteiger partial charge in [-0.15, -0.1) is 0 Å². The summed E-state index contributed by atoms with van der Waals surface area (Å²) < 4.78 is 9.90. The number of methoxy groups -OCH3 is 2. The Morgan fingerprint density at radius 3 is 2.60 bits per heavy atom. The number of aromatic nitrogens is 1. The summed E-state index contributed by atoms with van der Waals surface area (Å²) in [6.07, 6.45) is 3.74. The van der Waals surface area contributed by atoms with Crippen LogP contribution in [0, 0.1) is 0 Å². The van der Waals surface area contributed by atoms with Crippen molar-refractivity contribution in [2.75, 3.05) is 14.2 Å². The molecule has 1 heterocycles. The Bertz CT molecular complexity index is 743. The fourth-order valence-electron chi connectivity index (χ4n) is 2.01. The molecule has 0 radical (unpaired) electrons. The molecule has 0 amide bonds. The van der Waals surface area contributed by atoms with E-state index in [0.717, 1.165) is 5.56 Å². The van der Waals surface area contributed by atoms with Gasteiger partial charge in [-0.1, -0.05) is 12.2 Å². The molecule has 0 saturated carbocycles. The predicted octanol–water partition coefficient (Wildman–Crippen LogP) is 2.36. The minimum Gasteiger partial charge on any atom is -0.495 e. The van der Waals surface area contributed by atoms with Crippen LogP contribution in [0.25, 0.3) is 17.0 Å². The molecule has 2 aromatic rings. The van der Waals surface area contributed by atoms with Crippen LogP contribution in [0.1, 0.15) is 23.0 Å². The highest BCUT2D eigenvalue weighted by atomic mass is 16.5. The summed E-state index contributed by atoms with van der Waals surface area (Å²) in [4.78, 5) is 26.6. The topological polar surface area (TPSA) is 68.4 Å². The number of carbonyl (C=O) groups excluding carboxylic acids is 1. The maximum Gasteiger partial charge on any atom is 0.354 e. The SMILES string of the molecule is C/C=C/c1cc(OC)c2[nH]c(C(=O)OC)cc(=O)c2c1. The van der Waals surface area contributed by atoms with E-state index in [1.165, 1.54) is 20.3 Å². The third-order valence-corrected chi connectivity index (χ3v) is 2.91. The van der Waals surface area contributed by atoms with E-state index in [9.17, 15) is 9.59 Å². The molecular formula is C15H15NO4. The van der Waals surface area contributed by atoms with E-state index in [-0.39, 0.29) is 11.1 Å². The molecule has 0 saturated heterocycles. The Labute approximate surface area is 115 Å². The number of pyridine rings is 1. The van der Waals surface area contributed by atoms with Crippen LogP contribution in [0.15, 0.2) is 29.1 Å². The minimum absolute atomic E-state index is 0.0992. The lowest BCUT2D eigenvalue weighted by Gasteiger charge is -2.08. The highest BCUT2D eigenvalue weighted by Crippen LogP contribution is 2.25. The summed E-state index contributed by atoms with van der Waals surface area (Å²) in [6.45, 7) is 1.89. The van der Waals surface area contributed by atoms with E-state index >= 15 is 0 Å². The van der Waals surface area contributed by atoms with Crippen LogP contribution in [0.3, 0.4) is 0 Å². The van der Waals surface area contributed by atoms with Gasteiger partial charge in [0.05, 0.1) is 19.7 Å². The molecule has 2 rings (SSSR count). The zero-order valence-electron chi connectivity index (χ0n) is 11.5. The second kappa shape index (κ2) is 5.61. The smallest absolute Gasteiger partial charge is 0.354 e. The lowest BCUT2D eigenvalue weighted by atomic mass is 10.1. The maximum atomic E-state index is 12.1. The van der Waals surface area contributed by atoms with E-state index < -0.39 is 5.97 Å². The predicted molar refractivity (Wildman–Crippen MR) is 77.2 cm³/mol. The monoisotopic (exact) mass is 273 g/mol. The molecule has 0 spiro atoms. The summed E-state index contributed by atoms with van der Waals surface area (Å²) >= 11 is 0. The summed E-state index contributed by atoms with van der Waals surface area (Å²) in [6, 6.07) is 4.77. The highest BCUT2D eigenvalue weighted by molar-refractivity contribution is 5.93. The average Bonchev–Trinajstić information content (AvgIpc) is 2.46. The lowest BCUT2D eigenvalue weighted by Crippen LogP contribution is -2.12. The molecule has 5 heteroatoms. The number of carbonyl (C=O) groups is 1. The molecule has 0 unspecified atom stereocenters. The number of rotatable bonds is 3.